The fraction of sp³-hybridized carbons (Fsp3) is 0.357. The van der Waals surface area contributed by atoms with Crippen LogP contribution >= 0.6 is 0 Å². The van der Waals surface area contributed by atoms with Gasteiger partial charge in [0.05, 0.1) is 6.20 Å². The number of hydrogen-bond donors (Lipinski definition) is 1. The van der Waals surface area contributed by atoms with Crippen LogP contribution in [0.25, 0.3) is 0 Å². The molecule has 0 radical (unpaired) electrons. The van der Waals surface area contributed by atoms with E-state index in [-0.39, 0.29) is 5.56 Å². The molecule has 0 aliphatic rings. The van der Waals surface area contributed by atoms with Crippen molar-refractivity contribution in [1.29, 1.82) is 0 Å². The van der Waals surface area contributed by atoms with Crippen molar-refractivity contribution in [2.75, 3.05) is 0 Å². The highest BCUT2D eigenvalue weighted by Gasteiger charge is 2.16. The van der Waals surface area contributed by atoms with Crippen LogP contribution in [0.15, 0.2) is 24.4 Å². The molecule has 2 rings (SSSR count). The van der Waals surface area contributed by atoms with E-state index in [1.165, 1.54) is 18.2 Å². The zero-order valence-corrected chi connectivity index (χ0v) is 11.2. The molecule has 0 spiro atoms. The summed E-state index contributed by atoms with van der Waals surface area (Å²) in [6.07, 6.45) is 1.76. The van der Waals surface area contributed by atoms with E-state index in [4.69, 9.17) is 0 Å². The number of aryl methyl sites for hydroxylation is 1. The molecule has 1 heterocycles. The highest BCUT2D eigenvalue weighted by atomic mass is 19.1. The van der Waals surface area contributed by atoms with Crippen LogP contribution in [-0.4, -0.2) is 9.78 Å². The molecule has 0 amide bonds. The molecule has 0 saturated carbocycles. The van der Waals surface area contributed by atoms with E-state index >= 15 is 0 Å². The molecular formula is C14H17F2N3. The van der Waals surface area contributed by atoms with Crippen LogP contribution in [0.2, 0.25) is 0 Å². The Morgan fingerprint density at radius 2 is 1.95 bits per heavy atom. The van der Waals surface area contributed by atoms with Gasteiger partial charge in [0.2, 0.25) is 0 Å². The fourth-order valence-electron chi connectivity index (χ4n) is 2.01. The van der Waals surface area contributed by atoms with E-state index in [1.807, 2.05) is 14.0 Å². The quantitative estimate of drug-likeness (QED) is 0.921. The Morgan fingerprint density at radius 1 is 1.32 bits per heavy atom. The summed E-state index contributed by atoms with van der Waals surface area (Å²) in [5.41, 5.74) is 2.13. The summed E-state index contributed by atoms with van der Waals surface area (Å²) in [6, 6.07) is 3.50. The lowest BCUT2D eigenvalue weighted by Crippen LogP contribution is -2.20. The van der Waals surface area contributed by atoms with Gasteiger partial charge in [0.1, 0.15) is 11.6 Å². The summed E-state index contributed by atoms with van der Waals surface area (Å²) >= 11 is 0. The number of benzene rings is 1. The summed E-state index contributed by atoms with van der Waals surface area (Å²) in [7, 11) is 1.86. The number of aromatic nitrogens is 2. The van der Waals surface area contributed by atoms with Gasteiger partial charge in [-0.05, 0) is 26.0 Å². The molecule has 0 saturated heterocycles. The van der Waals surface area contributed by atoms with Crippen molar-refractivity contribution in [3.05, 3.63) is 52.9 Å². The van der Waals surface area contributed by atoms with Gasteiger partial charge in [-0.2, -0.15) is 5.10 Å². The molecule has 0 bridgehead atoms. The summed E-state index contributed by atoms with van der Waals surface area (Å²) < 4.78 is 29.0. The SMILES string of the molecule is Cc1c(CNC(C)c2c(F)cccc2F)cnn1C. The van der Waals surface area contributed by atoms with Gasteiger partial charge in [0.25, 0.3) is 0 Å². The van der Waals surface area contributed by atoms with Crippen LogP contribution < -0.4 is 5.32 Å². The van der Waals surface area contributed by atoms with Crippen molar-refractivity contribution >= 4 is 0 Å². The van der Waals surface area contributed by atoms with Gasteiger partial charge in [-0.1, -0.05) is 6.07 Å². The molecule has 102 valence electrons. The Kier molecular flexibility index (Phi) is 3.95. The van der Waals surface area contributed by atoms with Gasteiger partial charge in [0, 0.05) is 36.5 Å². The van der Waals surface area contributed by atoms with Gasteiger partial charge in [0.15, 0.2) is 0 Å². The zero-order chi connectivity index (χ0) is 14.0. The highest BCUT2D eigenvalue weighted by molar-refractivity contribution is 5.23. The van der Waals surface area contributed by atoms with Crippen molar-refractivity contribution in [3.63, 3.8) is 0 Å². The highest BCUT2D eigenvalue weighted by Crippen LogP contribution is 2.20. The van der Waals surface area contributed by atoms with Gasteiger partial charge < -0.3 is 5.32 Å². The van der Waals surface area contributed by atoms with Crippen molar-refractivity contribution < 1.29 is 8.78 Å². The van der Waals surface area contributed by atoms with Gasteiger partial charge in [-0.3, -0.25) is 4.68 Å². The lowest BCUT2D eigenvalue weighted by Gasteiger charge is -2.15. The minimum absolute atomic E-state index is 0.0732. The lowest BCUT2D eigenvalue weighted by molar-refractivity contribution is 0.487. The molecule has 5 heteroatoms. The molecule has 1 unspecified atom stereocenters. The number of nitrogens with one attached hydrogen (secondary N) is 1. The van der Waals surface area contributed by atoms with E-state index in [9.17, 15) is 8.78 Å². The summed E-state index contributed by atoms with van der Waals surface area (Å²) in [6.45, 7) is 4.22. The first kappa shape index (κ1) is 13.7. The Balaban J connectivity index is 2.10. The molecule has 0 fully saturated rings. The van der Waals surface area contributed by atoms with Gasteiger partial charge in [-0.25, -0.2) is 8.78 Å². The van der Waals surface area contributed by atoms with Crippen LogP contribution in [0.3, 0.4) is 0 Å². The third kappa shape index (κ3) is 2.81. The number of halogens is 2. The second-order valence-corrected chi connectivity index (χ2v) is 4.62. The first-order valence-electron chi connectivity index (χ1n) is 6.15. The fourth-order valence-corrected chi connectivity index (χ4v) is 2.01. The predicted molar refractivity (Wildman–Crippen MR) is 69.6 cm³/mol. The van der Waals surface area contributed by atoms with Crippen LogP contribution in [0.5, 0.6) is 0 Å². The summed E-state index contributed by atoms with van der Waals surface area (Å²) in [5.74, 6) is -1.05. The largest absolute Gasteiger partial charge is 0.306 e. The van der Waals surface area contributed by atoms with E-state index < -0.39 is 17.7 Å². The minimum Gasteiger partial charge on any atom is -0.306 e. The molecular weight excluding hydrogens is 248 g/mol. The predicted octanol–water partition coefficient (Wildman–Crippen LogP) is 2.86. The number of hydrogen-bond acceptors (Lipinski definition) is 2. The molecule has 3 nitrogen and oxygen atoms in total. The maximum absolute atomic E-state index is 13.6. The van der Waals surface area contributed by atoms with Crippen LogP contribution in [0, 0.1) is 18.6 Å². The second-order valence-electron chi connectivity index (χ2n) is 4.62. The van der Waals surface area contributed by atoms with Crippen LogP contribution in [-0.2, 0) is 13.6 Å². The van der Waals surface area contributed by atoms with E-state index in [0.717, 1.165) is 11.3 Å². The second kappa shape index (κ2) is 5.48. The van der Waals surface area contributed by atoms with Crippen molar-refractivity contribution in [2.24, 2.45) is 7.05 Å². The van der Waals surface area contributed by atoms with Crippen LogP contribution in [0.4, 0.5) is 8.78 Å². The molecule has 0 aliphatic heterocycles. The molecule has 1 aromatic carbocycles. The maximum Gasteiger partial charge on any atom is 0.130 e. The van der Waals surface area contributed by atoms with Crippen LogP contribution in [0.1, 0.15) is 29.8 Å². The molecule has 2 aromatic rings. The molecule has 1 aromatic heterocycles. The van der Waals surface area contributed by atoms with E-state index in [0.29, 0.717) is 6.54 Å². The average molecular weight is 265 g/mol. The maximum atomic E-state index is 13.6. The van der Waals surface area contributed by atoms with Crippen molar-refractivity contribution in [2.45, 2.75) is 26.4 Å². The van der Waals surface area contributed by atoms with Gasteiger partial charge >= 0.3 is 0 Å². The lowest BCUT2D eigenvalue weighted by atomic mass is 10.1. The molecule has 1 atom stereocenters. The van der Waals surface area contributed by atoms with E-state index in [2.05, 4.69) is 10.4 Å². The smallest absolute Gasteiger partial charge is 0.130 e. The van der Waals surface area contributed by atoms with Gasteiger partial charge in [-0.15, -0.1) is 0 Å². The molecule has 19 heavy (non-hydrogen) atoms. The Morgan fingerprint density at radius 3 is 2.47 bits per heavy atom. The third-order valence-corrected chi connectivity index (χ3v) is 3.37. The number of nitrogens with zero attached hydrogens (tertiary/aromatic N) is 2. The third-order valence-electron chi connectivity index (χ3n) is 3.37. The standard InChI is InChI=1S/C14H17F2N3/c1-9(14-12(15)5-4-6-13(14)16)17-7-11-8-18-19(3)10(11)2/h4-6,8-9,17H,7H2,1-3H3. The Labute approximate surface area is 111 Å². The van der Waals surface area contributed by atoms with Crippen molar-refractivity contribution in [3.8, 4) is 0 Å². The summed E-state index contributed by atoms with van der Waals surface area (Å²) in [5, 5.41) is 7.25. The zero-order valence-electron chi connectivity index (χ0n) is 11.2. The normalized spacial score (nSPS) is 12.7. The average Bonchev–Trinajstić information content (AvgIpc) is 2.67. The first-order chi connectivity index (χ1) is 9.00. The van der Waals surface area contributed by atoms with E-state index in [1.54, 1.807) is 17.8 Å². The monoisotopic (exact) mass is 265 g/mol. The minimum atomic E-state index is -0.525. The van der Waals surface area contributed by atoms with Crippen molar-refractivity contribution in [1.82, 2.24) is 15.1 Å². The topological polar surface area (TPSA) is 29.9 Å². The molecule has 1 N–H and O–H groups in total. The summed E-state index contributed by atoms with van der Waals surface area (Å²) in [4.78, 5) is 0. The first-order valence-corrected chi connectivity index (χ1v) is 6.15. The molecule has 0 aliphatic carbocycles. The number of rotatable bonds is 4. The Bertz CT molecular complexity index is 558. The Hall–Kier alpha value is -1.75.